The fourth-order valence-electron chi connectivity index (χ4n) is 10.9. The molecule has 2 nitrogen and oxygen atoms in total. The van der Waals surface area contributed by atoms with Gasteiger partial charge in [-0.1, -0.05) is 182 Å². The fourth-order valence-corrected chi connectivity index (χ4v) is 10.9. The summed E-state index contributed by atoms with van der Waals surface area (Å²) in [6, 6.07) is 85.2. The minimum atomic E-state index is 1.14. The molecule has 0 saturated carbocycles. The summed E-state index contributed by atoms with van der Waals surface area (Å²) in [5.74, 6) is 0. The number of aromatic nitrogens is 2. The van der Waals surface area contributed by atoms with Gasteiger partial charge in [-0.2, -0.15) is 0 Å². The van der Waals surface area contributed by atoms with Gasteiger partial charge >= 0.3 is 0 Å². The lowest BCUT2D eigenvalue weighted by atomic mass is 9.93. The van der Waals surface area contributed by atoms with Gasteiger partial charge in [-0.05, 0) is 120 Å². The number of para-hydroxylation sites is 2. The van der Waals surface area contributed by atoms with E-state index < -0.39 is 0 Å². The standard InChI is InChI=1S/C62H38N2/c1-2-12-45(13-3-1)63-58-20-9-8-17-51(58)57-37-43(29-36-59(57)63)44-28-32-52-56-33-27-41-11-4-5-14-48(41)62(56)64(60(52)38-44)46-30-25-40(26-31-46)39-21-23-42(24-22-39)47-34-35-55-50-16-7-6-15-49(50)54-19-10-18-53(47)61(54)55/h1-38H. The van der Waals surface area contributed by atoms with E-state index in [0.717, 1.165) is 5.69 Å². The first-order valence-corrected chi connectivity index (χ1v) is 22.2. The van der Waals surface area contributed by atoms with Crippen LogP contribution in [0, 0.1) is 0 Å². The summed E-state index contributed by atoms with van der Waals surface area (Å²) >= 11 is 0. The first-order valence-electron chi connectivity index (χ1n) is 22.2. The molecule has 64 heavy (non-hydrogen) atoms. The number of benzene rings is 11. The van der Waals surface area contributed by atoms with Crippen LogP contribution in [0.5, 0.6) is 0 Å². The molecule has 0 N–H and O–H groups in total. The van der Waals surface area contributed by atoms with Crippen LogP contribution in [0.25, 0.3) is 132 Å². The van der Waals surface area contributed by atoms with Crippen LogP contribution in [-0.4, -0.2) is 9.13 Å². The van der Waals surface area contributed by atoms with E-state index >= 15 is 0 Å². The van der Waals surface area contributed by atoms with Gasteiger partial charge in [-0.3, -0.25) is 0 Å². The Kier molecular flexibility index (Phi) is 7.43. The average molecular weight is 811 g/mol. The third-order valence-corrected chi connectivity index (χ3v) is 13.9. The lowest BCUT2D eigenvalue weighted by molar-refractivity contribution is 1.18. The highest BCUT2D eigenvalue weighted by Gasteiger charge is 2.23. The van der Waals surface area contributed by atoms with Crippen molar-refractivity contribution in [1.82, 2.24) is 9.13 Å². The van der Waals surface area contributed by atoms with Gasteiger partial charge in [0.05, 0.1) is 22.1 Å². The zero-order valence-corrected chi connectivity index (χ0v) is 34.8. The van der Waals surface area contributed by atoms with Gasteiger partial charge in [-0.25, -0.2) is 0 Å². The van der Waals surface area contributed by atoms with E-state index in [2.05, 4.69) is 240 Å². The van der Waals surface area contributed by atoms with Crippen molar-refractivity contribution in [2.75, 3.05) is 0 Å². The van der Waals surface area contributed by atoms with Crippen LogP contribution in [0.3, 0.4) is 0 Å². The molecular weight excluding hydrogens is 773 g/mol. The van der Waals surface area contributed by atoms with Gasteiger partial charge in [0.1, 0.15) is 0 Å². The lowest BCUT2D eigenvalue weighted by Gasteiger charge is -2.13. The van der Waals surface area contributed by atoms with E-state index in [-0.39, 0.29) is 0 Å². The molecule has 0 aliphatic heterocycles. The minimum Gasteiger partial charge on any atom is -0.309 e. The molecular formula is C62H38N2. The quantitative estimate of drug-likeness (QED) is 0.164. The highest BCUT2D eigenvalue weighted by Crippen LogP contribution is 2.49. The zero-order valence-electron chi connectivity index (χ0n) is 34.8. The number of hydrogen-bond acceptors (Lipinski definition) is 0. The van der Waals surface area contributed by atoms with Crippen LogP contribution in [0.1, 0.15) is 0 Å². The summed E-state index contributed by atoms with van der Waals surface area (Å²) in [6.45, 7) is 0. The molecule has 0 bridgehead atoms. The molecule has 2 aromatic heterocycles. The first kappa shape index (κ1) is 35.2. The van der Waals surface area contributed by atoms with Gasteiger partial charge in [0, 0.05) is 38.3 Å². The van der Waals surface area contributed by atoms with Crippen LogP contribution >= 0.6 is 0 Å². The van der Waals surface area contributed by atoms with Crippen molar-refractivity contribution in [2.45, 2.75) is 0 Å². The monoisotopic (exact) mass is 810 g/mol. The maximum Gasteiger partial charge on any atom is 0.0619 e. The predicted octanol–water partition coefficient (Wildman–Crippen LogP) is 16.8. The second-order valence-corrected chi connectivity index (χ2v) is 17.2. The minimum absolute atomic E-state index is 1.14. The molecule has 13 aromatic rings. The number of hydrogen-bond donors (Lipinski definition) is 0. The highest BCUT2D eigenvalue weighted by atomic mass is 15.0. The smallest absolute Gasteiger partial charge is 0.0619 e. The zero-order chi connectivity index (χ0) is 41.9. The van der Waals surface area contributed by atoms with Crippen molar-refractivity contribution in [3.8, 4) is 67.0 Å². The van der Waals surface area contributed by atoms with Gasteiger partial charge in [0.25, 0.3) is 0 Å². The molecule has 0 fully saturated rings. The number of rotatable bonds is 5. The first-order chi connectivity index (χ1) is 31.7. The molecule has 0 spiro atoms. The molecule has 0 atom stereocenters. The average Bonchev–Trinajstić information content (AvgIpc) is 4.01. The van der Waals surface area contributed by atoms with Gasteiger partial charge < -0.3 is 9.13 Å². The molecule has 1 aliphatic carbocycles. The summed E-state index contributed by atoms with van der Waals surface area (Å²) in [6.07, 6.45) is 0. The maximum atomic E-state index is 2.48. The van der Waals surface area contributed by atoms with Crippen LogP contribution in [0.4, 0.5) is 0 Å². The van der Waals surface area contributed by atoms with Crippen molar-refractivity contribution in [1.29, 1.82) is 0 Å². The Hall–Kier alpha value is -8.46. The maximum absolute atomic E-state index is 2.48. The predicted molar refractivity (Wildman–Crippen MR) is 271 cm³/mol. The largest absolute Gasteiger partial charge is 0.309 e. The Morgan fingerprint density at radius 1 is 0.234 bits per heavy atom. The summed E-state index contributed by atoms with van der Waals surface area (Å²) in [5.41, 5.74) is 19.8. The Morgan fingerprint density at radius 3 is 1.61 bits per heavy atom. The van der Waals surface area contributed by atoms with E-state index in [1.807, 2.05) is 0 Å². The van der Waals surface area contributed by atoms with Gasteiger partial charge in [-0.15, -0.1) is 0 Å². The SMILES string of the molecule is c1ccc(-n2c3ccccc3c3cc(-c4ccc5c6ccc7ccccc7c6n(-c6ccc(-c7ccc(-c8ccc9c%10c(cccc8%10)-c8ccccc8-9)cc7)cc6)c5c4)ccc32)cc1. The molecule has 11 aromatic carbocycles. The van der Waals surface area contributed by atoms with E-state index in [1.165, 1.54) is 126 Å². The number of fused-ring (bicyclic) bond motifs is 11. The fraction of sp³-hybridized carbons (Fsp3) is 0. The molecule has 0 unspecified atom stereocenters. The molecule has 0 saturated heterocycles. The second kappa shape index (κ2) is 13.5. The van der Waals surface area contributed by atoms with E-state index in [0.29, 0.717) is 0 Å². The molecule has 0 amide bonds. The van der Waals surface area contributed by atoms with E-state index in [4.69, 9.17) is 0 Å². The number of nitrogens with zero attached hydrogens (tertiary/aromatic N) is 2. The van der Waals surface area contributed by atoms with Crippen LogP contribution in [0.2, 0.25) is 0 Å². The molecule has 14 rings (SSSR count). The summed E-state index contributed by atoms with van der Waals surface area (Å²) in [5, 5.41) is 10.2. The van der Waals surface area contributed by atoms with Crippen molar-refractivity contribution < 1.29 is 0 Å². The molecule has 2 heterocycles. The van der Waals surface area contributed by atoms with Gasteiger partial charge in [0.15, 0.2) is 0 Å². The third-order valence-electron chi connectivity index (χ3n) is 13.9. The normalized spacial score (nSPS) is 12.1. The van der Waals surface area contributed by atoms with Crippen LogP contribution < -0.4 is 0 Å². The molecule has 2 heteroatoms. The molecule has 0 radical (unpaired) electrons. The van der Waals surface area contributed by atoms with Crippen LogP contribution in [0.15, 0.2) is 231 Å². The molecule has 1 aliphatic rings. The Labute approximate surface area is 370 Å². The van der Waals surface area contributed by atoms with Crippen molar-refractivity contribution >= 4 is 65.2 Å². The summed E-state index contributed by atoms with van der Waals surface area (Å²) in [7, 11) is 0. The summed E-state index contributed by atoms with van der Waals surface area (Å²) < 4.78 is 4.86. The Balaban J connectivity index is 0.873. The van der Waals surface area contributed by atoms with Crippen molar-refractivity contribution in [3.63, 3.8) is 0 Å². The topological polar surface area (TPSA) is 9.86 Å². The third kappa shape index (κ3) is 5.08. The molecule has 296 valence electrons. The Bertz CT molecular complexity index is 4010. The second-order valence-electron chi connectivity index (χ2n) is 17.2. The lowest BCUT2D eigenvalue weighted by Crippen LogP contribution is -1.95. The van der Waals surface area contributed by atoms with Gasteiger partial charge in [0.2, 0.25) is 0 Å². The van der Waals surface area contributed by atoms with Crippen LogP contribution in [-0.2, 0) is 0 Å². The van der Waals surface area contributed by atoms with E-state index in [1.54, 1.807) is 0 Å². The van der Waals surface area contributed by atoms with E-state index in [9.17, 15) is 0 Å². The van der Waals surface area contributed by atoms with Crippen molar-refractivity contribution in [3.05, 3.63) is 231 Å². The van der Waals surface area contributed by atoms with Crippen molar-refractivity contribution in [2.24, 2.45) is 0 Å². The summed E-state index contributed by atoms with van der Waals surface area (Å²) in [4.78, 5) is 0. The Morgan fingerprint density at radius 2 is 0.781 bits per heavy atom. The highest BCUT2D eigenvalue weighted by molar-refractivity contribution is 6.20.